The topological polar surface area (TPSA) is 69.2 Å². The summed E-state index contributed by atoms with van der Waals surface area (Å²) in [6, 6.07) is 13.3. The molecule has 2 aromatic carbocycles. The Kier molecular flexibility index (Phi) is 4.47. The zero-order valence-corrected chi connectivity index (χ0v) is 12.0. The van der Waals surface area contributed by atoms with Gasteiger partial charge in [-0.15, -0.1) is 0 Å². The van der Waals surface area contributed by atoms with E-state index in [-0.39, 0.29) is 12.2 Å². The number of halogens is 1. The van der Waals surface area contributed by atoms with Gasteiger partial charge in [0.2, 0.25) is 0 Å². The van der Waals surface area contributed by atoms with E-state index in [9.17, 15) is 15.3 Å². The van der Waals surface area contributed by atoms with Crippen molar-refractivity contribution in [2.45, 2.75) is 6.54 Å². The quantitative estimate of drug-likeness (QED) is 0.282. The smallest absolute Gasteiger partial charge is 0.269 e. The van der Waals surface area contributed by atoms with Crippen LogP contribution in [0.2, 0.25) is 0 Å². The normalized spacial score (nSPS) is 11.3. The van der Waals surface area contributed by atoms with Gasteiger partial charge in [-0.05, 0) is 18.2 Å². The fraction of sp³-hybridized carbons (Fsp3) is 0.0714. The van der Waals surface area contributed by atoms with Crippen molar-refractivity contribution in [2.24, 2.45) is 0 Å². The van der Waals surface area contributed by atoms with Gasteiger partial charge in [0.15, 0.2) is 12.8 Å². The third-order valence-electron chi connectivity index (χ3n) is 2.68. The van der Waals surface area contributed by atoms with Gasteiger partial charge in [0.25, 0.3) is 5.69 Å². The molecule has 0 unspecified atom stereocenters. The predicted octanol–water partition coefficient (Wildman–Crippen LogP) is 3.49. The first kappa shape index (κ1) is 14.2. The van der Waals surface area contributed by atoms with Crippen molar-refractivity contribution < 1.29 is 9.66 Å². The summed E-state index contributed by atoms with van der Waals surface area (Å²) < 4.78 is 1.67. The average Bonchev–Trinajstić information content (AvgIpc) is 2.42. The molecule has 0 aliphatic heterocycles. The Morgan fingerprint density at radius 1 is 1.05 bits per heavy atom. The van der Waals surface area contributed by atoms with Crippen LogP contribution in [0.4, 0.5) is 5.69 Å². The Morgan fingerprint density at radius 2 is 1.70 bits per heavy atom. The van der Waals surface area contributed by atoms with Gasteiger partial charge in [0.05, 0.1) is 4.92 Å². The van der Waals surface area contributed by atoms with E-state index in [0.29, 0.717) is 5.56 Å². The van der Waals surface area contributed by atoms with E-state index in [1.165, 1.54) is 18.3 Å². The fourth-order valence-electron chi connectivity index (χ4n) is 1.69. The molecule has 0 atom stereocenters. The summed E-state index contributed by atoms with van der Waals surface area (Å²) in [6.07, 6.45) is 1.41. The molecule has 0 fully saturated rings. The second-order valence-electron chi connectivity index (χ2n) is 4.14. The highest BCUT2D eigenvalue weighted by Gasteiger charge is 2.06. The number of rotatable bonds is 4. The highest BCUT2D eigenvalue weighted by atomic mass is 79.9. The van der Waals surface area contributed by atoms with Gasteiger partial charge in [-0.1, -0.05) is 34.1 Å². The summed E-state index contributed by atoms with van der Waals surface area (Å²) in [7, 11) is 0. The minimum absolute atomic E-state index is 0.00500. The maximum absolute atomic E-state index is 11.9. The summed E-state index contributed by atoms with van der Waals surface area (Å²) in [5, 5.41) is 22.4. The molecule has 5 nitrogen and oxygen atoms in total. The van der Waals surface area contributed by atoms with Crippen molar-refractivity contribution >= 4 is 27.8 Å². The maximum Gasteiger partial charge on any atom is 0.269 e. The standard InChI is InChI=1S/C14H11BrN2O3/c15-14-4-2-1-3-12(14)10-16(18)9-11-5-7-13(8-6-11)17(19)20/h1-9H,10H2/b16-9-. The van der Waals surface area contributed by atoms with E-state index in [2.05, 4.69) is 15.9 Å². The first-order valence-corrected chi connectivity index (χ1v) is 6.62. The van der Waals surface area contributed by atoms with Crippen LogP contribution in [-0.2, 0) is 6.54 Å². The molecule has 0 N–H and O–H groups in total. The third kappa shape index (κ3) is 3.64. The lowest BCUT2D eigenvalue weighted by Gasteiger charge is -2.05. The molecular weight excluding hydrogens is 324 g/mol. The number of hydrogen-bond acceptors (Lipinski definition) is 3. The van der Waals surface area contributed by atoms with Crippen molar-refractivity contribution in [3.8, 4) is 0 Å². The number of nitrogens with zero attached hydrogens (tertiary/aromatic N) is 2. The van der Waals surface area contributed by atoms with Crippen LogP contribution in [0, 0.1) is 15.3 Å². The molecule has 2 aromatic rings. The van der Waals surface area contributed by atoms with Crippen molar-refractivity contribution in [1.29, 1.82) is 0 Å². The van der Waals surface area contributed by atoms with Crippen LogP contribution in [-0.4, -0.2) is 15.9 Å². The molecular formula is C14H11BrN2O3. The molecule has 0 amide bonds. The number of benzene rings is 2. The van der Waals surface area contributed by atoms with Crippen LogP contribution in [0.3, 0.4) is 0 Å². The number of hydrogen-bond donors (Lipinski definition) is 0. The maximum atomic E-state index is 11.9. The minimum Gasteiger partial charge on any atom is -0.624 e. The lowest BCUT2D eigenvalue weighted by atomic mass is 10.2. The van der Waals surface area contributed by atoms with E-state index in [1.807, 2.05) is 24.3 Å². The Balaban J connectivity index is 2.14. The molecule has 0 aliphatic rings. The van der Waals surface area contributed by atoms with Crippen molar-refractivity contribution in [1.82, 2.24) is 0 Å². The summed E-state index contributed by atoms with van der Waals surface area (Å²) in [5.74, 6) is 0. The molecule has 0 heterocycles. The second kappa shape index (κ2) is 6.29. The Bertz CT molecular complexity index is 654. The lowest BCUT2D eigenvalue weighted by molar-refractivity contribution is -0.469. The Morgan fingerprint density at radius 3 is 2.30 bits per heavy atom. The molecule has 0 saturated heterocycles. The highest BCUT2D eigenvalue weighted by molar-refractivity contribution is 9.10. The third-order valence-corrected chi connectivity index (χ3v) is 3.45. The molecule has 0 radical (unpaired) electrons. The number of non-ortho nitro benzene ring substituents is 1. The SMILES string of the molecule is O=[N+]([O-])c1ccc(/C=[N+](\[O-])Cc2ccccc2Br)cc1. The van der Waals surface area contributed by atoms with Crippen molar-refractivity contribution in [3.63, 3.8) is 0 Å². The van der Waals surface area contributed by atoms with E-state index in [0.717, 1.165) is 14.8 Å². The summed E-state index contributed by atoms with van der Waals surface area (Å²) in [6.45, 7) is 0.207. The largest absolute Gasteiger partial charge is 0.624 e. The Hall–Kier alpha value is -2.21. The molecule has 0 saturated carbocycles. The molecule has 0 spiro atoms. The van der Waals surface area contributed by atoms with Gasteiger partial charge in [0, 0.05) is 27.7 Å². The van der Waals surface area contributed by atoms with Gasteiger partial charge >= 0.3 is 0 Å². The number of hydroxylamine groups is 1. The zero-order chi connectivity index (χ0) is 14.5. The molecule has 102 valence electrons. The second-order valence-corrected chi connectivity index (χ2v) is 5.00. The van der Waals surface area contributed by atoms with Gasteiger partial charge in [-0.25, -0.2) is 4.74 Å². The summed E-state index contributed by atoms with van der Waals surface area (Å²) in [5.41, 5.74) is 1.50. The molecule has 0 aliphatic carbocycles. The molecule has 20 heavy (non-hydrogen) atoms. The van der Waals surface area contributed by atoms with Crippen LogP contribution >= 0.6 is 15.9 Å². The summed E-state index contributed by atoms with van der Waals surface area (Å²) >= 11 is 3.38. The van der Waals surface area contributed by atoms with Gasteiger partial charge < -0.3 is 5.21 Å². The van der Waals surface area contributed by atoms with E-state index in [1.54, 1.807) is 12.1 Å². The molecule has 0 aromatic heterocycles. The van der Waals surface area contributed by atoms with Crippen LogP contribution in [0.1, 0.15) is 11.1 Å². The van der Waals surface area contributed by atoms with Crippen LogP contribution in [0.15, 0.2) is 53.0 Å². The Labute approximate surface area is 124 Å². The number of nitro groups is 1. The van der Waals surface area contributed by atoms with Crippen LogP contribution in [0.5, 0.6) is 0 Å². The minimum atomic E-state index is -0.472. The van der Waals surface area contributed by atoms with E-state index >= 15 is 0 Å². The highest BCUT2D eigenvalue weighted by Crippen LogP contribution is 2.16. The number of nitro benzene ring substituents is 1. The zero-order valence-electron chi connectivity index (χ0n) is 10.4. The molecule has 2 rings (SSSR count). The lowest BCUT2D eigenvalue weighted by Crippen LogP contribution is -2.06. The van der Waals surface area contributed by atoms with Crippen LogP contribution < -0.4 is 0 Å². The summed E-state index contributed by atoms with van der Waals surface area (Å²) in [4.78, 5) is 10.1. The fourth-order valence-corrected chi connectivity index (χ4v) is 2.10. The monoisotopic (exact) mass is 334 g/mol. The van der Waals surface area contributed by atoms with E-state index < -0.39 is 4.92 Å². The van der Waals surface area contributed by atoms with Crippen molar-refractivity contribution in [2.75, 3.05) is 0 Å². The van der Waals surface area contributed by atoms with Gasteiger partial charge in [-0.3, -0.25) is 10.1 Å². The predicted molar refractivity (Wildman–Crippen MR) is 79.7 cm³/mol. The van der Waals surface area contributed by atoms with Crippen molar-refractivity contribution in [3.05, 3.63) is 79.5 Å². The van der Waals surface area contributed by atoms with Crippen LogP contribution in [0.25, 0.3) is 0 Å². The first-order valence-electron chi connectivity index (χ1n) is 5.83. The first-order chi connectivity index (χ1) is 9.56. The van der Waals surface area contributed by atoms with Gasteiger partial charge in [-0.2, -0.15) is 0 Å². The average molecular weight is 335 g/mol. The van der Waals surface area contributed by atoms with Gasteiger partial charge in [0.1, 0.15) is 0 Å². The molecule has 6 heteroatoms. The molecule has 0 bridgehead atoms. The van der Waals surface area contributed by atoms with E-state index in [4.69, 9.17) is 0 Å².